The van der Waals surface area contributed by atoms with Gasteiger partial charge in [0.25, 0.3) is 5.56 Å². The van der Waals surface area contributed by atoms with Gasteiger partial charge in [-0.15, -0.1) is 0 Å². The molecule has 0 amide bonds. The average Bonchev–Trinajstić information content (AvgIpc) is 2.56. The predicted octanol–water partition coefficient (Wildman–Crippen LogP) is 1.44. The summed E-state index contributed by atoms with van der Waals surface area (Å²) in [7, 11) is 4.96. The quantitative estimate of drug-likeness (QED) is 0.788. The van der Waals surface area contributed by atoms with E-state index in [0.717, 1.165) is 5.39 Å². The molecule has 0 fully saturated rings. The number of nitrogens with zero attached hydrogens (tertiary/aromatic N) is 4. The zero-order valence-corrected chi connectivity index (χ0v) is 12.5. The van der Waals surface area contributed by atoms with Gasteiger partial charge in [-0.2, -0.15) is 0 Å². The normalized spacial score (nSPS) is 10.7. The molecule has 0 aliphatic carbocycles. The van der Waals surface area contributed by atoms with E-state index < -0.39 is 0 Å². The molecule has 0 saturated carbocycles. The zero-order chi connectivity index (χ0) is 15.7. The molecule has 1 N–H and O–H groups in total. The number of ether oxygens (including phenoxy) is 1. The number of fused-ring (bicyclic) bond motifs is 1. The second-order valence-corrected chi connectivity index (χ2v) is 4.73. The number of anilines is 1. The number of methoxy groups -OCH3 is 1. The van der Waals surface area contributed by atoms with Crippen molar-refractivity contribution in [3.8, 4) is 17.0 Å². The summed E-state index contributed by atoms with van der Waals surface area (Å²) >= 11 is 0. The van der Waals surface area contributed by atoms with Crippen molar-refractivity contribution in [1.29, 1.82) is 0 Å². The van der Waals surface area contributed by atoms with Gasteiger partial charge in [0.1, 0.15) is 5.75 Å². The van der Waals surface area contributed by atoms with Crippen LogP contribution in [0.15, 0.2) is 35.4 Å². The second kappa shape index (κ2) is 5.44. The van der Waals surface area contributed by atoms with Crippen molar-refractivity contribution in [2.24, 2.45) is 7.05 Å². The van der Waals surface area contributed by atoms with E-state index in [-0.39, 0.29) is 5.56 Å². The van der Waals surface area contributed by atoms with Crippen LogP contribution in [0.25, 0.3) is 22.3 Å². The predicted molar refractivity (Wildman–Crippen MR) is 84.1 cm³/mol. The lowest BCUT2D eigenvalue weighted by Crippen LogP contribution is -2.22. The van der Waals surface area contributed by atoms with E-state index in [9.17, 15) is 4.79 Å². The van der Waals surface area contributed by atoms with Crippen molar-refractivity contribution < 1.29 is 4.74 Å². The van der Waals surface area contributed by atoms with E-state index in [0.29, 0.717) is 28.6 Å². The fourth-order valence-corrected chi connectivity index (χ4v) is 2.20. The molecule has 7 nitrogen and oxygen atoms in total. The van der Waals surface area contributed by atoms with Crippen LogP contribution in [0.3, 0.4) is 0 Å². The third-order valence-corrected chi connectivity index (χ3v) is 3.42. The highest BCUT2D eigenvalue weighted by Gasteiger charge is 2.11. The minimum atomic E-state index is -0.167. The number of nitrogens with one attached hydrogen (secondary N) is 1. The van der Waals surface area contributed by atoms with Gasteiger partial charge >= 0.3 is 0 Å². The Bertz CT molecular complexity index is 904. The summed E-state index contributed by atoms with van der Waals surface area (Å²) in [5.74, 6) is 1.16. The molecule has 0 aliphatic rings. The number of pyridine rings is 2. The first kappa shape index (κ1) is 14.0. The van der Waals surface area contributed by atoms with Gasteiger partial charge in [0.2, 0.25) is 5.95 Å². The Morgan fingerprint density at radius 2 is 2.05 bits per heavy atom. The zero-order valence-electron chi connectivity index (χ0n) is 12.5. The maximum absolute atomic E-state index is 12.4. The van der Waals surface area contributed by atoms with Crippen LogP contribution in [-0.4, -0.2) is 33.7 Å². The molecule has 3 aromatic rings. The molecule has 0 aromatic carbocycles. The number of hydrogen-bond donors (Lipinski definition) is 1. The number of aromatic nitrogens is 4. The number of hydrogen-bond acceptors (Lipinski definition) is 6. The summed E-state index contributed by atoms with van der Waals surface area (Å²) in [5, 5.41) is 3.71. The van der Waals surface area contributed by atoms with Gasteiger partial charge in [-0.3, -0.25) is 9.36 Å². The van der Waals surface area contributed by atoms with Crippen LogP contribution in [0.5, 0.6) is 5.75 Å². The van der Waals surface area contributed by atoms with Crippen LogP contribution in [-0.2, 0) is 7.05 Å². The number of rotatable bonds is 3. The molecule has 0 saturated heterocycles. The Balaban J connectivity index is 2.15. The topological polar surface area (TPSA) is 81.9 Å². The van der Waals surface area contributed by atoms with Crippen LogP contribution >= 0.6 is 0 Å². The molecular weight excluding hydrogens is 282 g/mol. The van der Waals surface area contributed by atoms with E-state index in [1.165, 1.54) is 10.8 Å². The lowest BCUT2D eigenvalue weighted by atomic mass is 10.2. The smallest absolute Gasteiger partial charge is 0.264 e. The highest BCUT2D eigenvalue weighted by molar-refractivity contribution is 5.79. The lowest BCUT2D eigenvalue weighted by molar-refractivity contribution is 0.413. The molecule has 0 unspecified atom stereocenters. The van der Waals surface area contributed by atoms with Crippen molar-refractivity contribution in [3.05, 3.63) is 40.9 Å². The van der Waals surface area contributed by atoms with Gasteiger partial charge in [-0.25, -0.2) is 15.0 Å². The molecule has 0 aliphatic heterocycles. The van der Waals surface area contributed by atoms with Crippen LogP contribution in [0.4, 0.5) is 5.95 Å². The summed E-state index contributed by atoms with van der Waals surface area (Å²) in [5.41, 5.74) is 1.36. The summed E-state index contributed by atoms with van der Waals surface area (Å²) in [6, 6.07) is 5.49. The molecule has 0 atom stereocenters. The van der Waals surface area contributed by atoms with E-state index in [1.807, 2.05) is 12.1 Å². The summed E-state index contributed by atoms with van der Waals surface area (Å²) in [4.78, 5) is 25.3. The van der Waals surface area contributed by atoms with Gasteiger partial charge in [0, 0.05) is 25.7 Å². The highest BCUT2D eigenvalue weighted by atomic mass is 16.5. The Hall–Kier alpha value is -2.96. The molecule has 3 aromatic heterocycles. The Labute approximate surface area is 126 Å². The summed E-state index contributed by atoms with van der Waals surface area (Å²) < 4.78 is 6.58. The molecule has 3 heterocycles. The van der Waals surface area contributed by atoms with Crippen LogP contribution in [0.2, 0.25) is 0 Å². The van der Waals surface area contributed by atoms with Crippen molar-refractivity contribution in [2.75, 3.05) is 19.5 Å². The maximum atomic E-state index is 12.4. The van der Waals surface area contributed by atoms with Crippen LogP contribution in [0.1, 0.15) is 0 Å². The second-order valence-electron chi connectivity index (χ2n) is 4.73. The van der Waals surface area contributed by atoms with Gasteiger partial charge in [-0.05, 0) is 18.2 Å². The molecule has 112 valence electrons. The lowest BCUT2D eigenvalue weighted by Gasteiger charge is -2.08. The fourth-order valence-electron chi connectivity index (χ4n) is 2.20. The van der Waals surface area contributed by atoms with Crippen LogP contribution < -0.4 is 15.6 Å². The molecule has 22 heavy (non-hydrogen) atoms. The molecule has 7 heteroatoms. The van der Waals surface area contributed by atoms with Gasteiger partial charge in [0.05, 0.1) is 24.6 Å². The third kappa shape index (κ3) is 2.26. The van der Waals surface area contributed by atoms with Gasteiger partial charge in [0.15, 0.2) is 5.65 Å². The van der Waals surface area contributed by atoms with Crippen molar-refractivity contribution >= 4 is 17.0 Å². The first-order valence-corrected chi connectivity index (χ1v) is 6.69. The van der Waals surface area contributed by atoms with E-state index >= 15 is 0 Å². The SMILES string of the molecule is CNc1ncc(-c2ccc3cc(OC)cnc3n2)c(=O)n1C. The highest BCUT2D eigenvalue weighted by Crippen LogP contribution is 2.20. The minimum Gasteiger partial charge on any atom is -0.495 e. The molecule has 0 radical (unpaired) electrons. The van der Waals surface area contributed by atoms with E-state index in [2.05, 4.69) is 20.3 Å². The largest absolute Gasteiger partial charge is 0.495 e. The maximum Gasteiger partial charge on any atom is 0.264 e. The minimum absolute atomic E-state index is 0.167. The molecule has 0 spiro atoms. The Morgan fingerprint density at radius 1 is 1.23 bits per heavy atom. The Kier molecular flexibility index (Phi) is 3.46. The van der Waals surface area contributed by atoms with Crippen molar-refractivity contribution in [1.82, 2.24) is 19.5 Å². The summed E-state index contributed by atoms with van der Waals surface area (Å²) in [6.07, 6.45) is 3.12. The van der Waals surface area contributed by atoms with E-state index in [4.69, 9.17) is 4.74 Å². The molecular formula is C15H15N5O2. The van der Waals surface area contributed by atoms with E-state index in [1.54, 1.807) is 33.5 Å². The summed E-state index contributed by atoms with van der Waals surface area (Å²) in [6.45, 7) is 0. The first-order valence-electron chi connectivity index (χ1n) is 6.69. The van der Waals surface area contributed by atoms with Gasteiger partial charge < -0.3 is 10.1 Å². The van der Waals surface area contributed by atoms with Crippen molar-refractivity contribution in [3.63, 3.8) is 0 Å². The fraction of sp³-hybridized carbons (Fsp3) is 0.200. The van der Waals surface area contributed by atoms with Gasteiger partial charge in [-0.1, -0.05) is 0 Å². The molecule has 3 rings (SSSR count). The Morgan fingerprint density at radius 3 is 2.77 bits per heavy atom. The monoisotopic (exact) mass is 297 g/mol. The molecule has 0 bridgehead atoms. The standard InChI is InChI=1S/C15H15N5O2/c1-16-15-18-8-11(14(21)20(15)2)12-5-4-9-6-10(22-3)7-17-13(9)19-12/h4-8H,1-3H3,(H,16,18). The first-order chi connectivity index (χ1) is 10.6. The van der Waals surface area contributed by atoms with Crippen molar-refractivity contribution in [2.45, 2.75) is 0 Å². The third-order valence-electron chi connectivity index (χ3n) is 3.42. The average molecular weight is 297 g/mol. The van der Waals surface area contributed by atoms with Crippen LogP contribution in [0, 0.1) is 0 Å².